The average molecular weight is 415 g/mol. The lowest BCUT2D eigenvalue weighted by Gasteiger charge is -2.24. The first-order chi connectivity index (χ1) is 14.9. The number of anilines is 4. The lowest BCUT2D eigenvalue weighted by Crippen LogP contribution is -2.47. The first-order valence-corrected chi connectivity index (χ1v) is 10.1. The molecule has 0 aromatic heterocycles. The highest BCUT2D eigenvalue weighted by atomic mass is 16.6. The Kier molecular flexibility index (Phi) is 5.25. The van der Waals surface area contributed by atoms with E-state index in [1.54, 1.807) is 6.92 Å². The van der Waals surface area contributed by atoms with Crippen LogP contribution in [0.25, 0.3) is 21.5 Å². The summed E-state index contributed by atoms with van der Waals surface area (Å²) >= 11 is 0. The van der Waals surface area contributed by atoms with Crippen LogP contribution in [-0.2, 0) is 0 Å². The summed E-state index contributed by atoms with van der Waals surface area (Å²) in [7, 11) is 0. The molecule has 0 saturated carbocycles. The van der Waals surface area contributed by atoms with E-state index in [0.29, 0.717) is 11.4 Å². The molecular formula is C24H25N5O2. The Labute approximate surface area is 180 Å². The standard InChI is InChI=1S/C24H25N5O2/c1-24(29(30)31,14-27-20-12-4-8-16-6-2-10-18(25)22(16)20)15-28-21-13-5-9-17-7-3-11-19(26)23(17)21/h2-13,27-28H,14-15,25-26H2,1H3. The minimum Gasteiger partial charge on any atom is -0.398 e. The topological polar surface area (TPSA) is 119 Å². The van der Waals surface area contributed by atoms with Gasteiger partial charge >= 0.3 is 0 Å². The molecule has 0 radical (unpaired) electrons. The van der Waals surface area contributed by atoms with Crippen LogP contribution in [-0.4, -0.2) is 23.6 Å². The van der Waals surface area contributed by atoms with Crippen LogP contribution in [0.15, 0.2) is 72.8 Å². The van der Waals surface area contributed by atoms with Crippen molar-refractivity contribution in [2.24, 2.45) is 0 Å². The first kappa shape index (κ1) is 20.3. The van der Waals surface area contributed by atoms with Crippen molar-refractivity contribution in [1.82, 2.24) is 0 Å². The molecule has 0 unspecified atom stereocenters. The zero-order chi connectivity index (χ0) is 22.0. The van der Waals surface area contributed by atoms with Gasteiger partial charge in [0.1, 0.15) is 0 Å². The quantitative estimate of drug-likeness (QED) is 0.197. The summed E-state index contributed by atoms with van der Waals surface area (Å²) in [4.78, 5) is 11.7. The van der Waals surface area contributed by atoms with Crippen molar-refractivity contribution in [3.63, 3.8) is 0 Å². The van der Waals surface area contributed by atoms with Crippen molar-refractivity contribution in [1.29, 1.82) is 0 Å². The van der Waals surface area contributed by atoms with Crippen LogP contribution in [0, 0.1) is 10.1 Å². The SMILES string of the molecule is CC(CNc1cccc2cccc(N)c12)(CNc1cccc2cccc(N)c12)[N+](=O)[O-]. The van der Waals surface area contributed by atoms with Crippen molar-refractivity contribution in [3.05, 3.63) is 82.9 Å². The minimum atomic E-state index is -1.27. The highest BCUT2D eigenvalue weighted by Gasteiger charge is 2.37. The normalized spacial score (nSPS) is 11.5. The lowest BCUT2D eigenvalue weighted by molar-refractivity contribution is -0.556. The largest absolute Gasteiger partial charge is 0.398 e. The molecule has 4 rings (SSSR count). The number of hydrogen-bond acceptors (Lipinski definition) is 6. The van der Waals surface area contributed by atoms with Gasteiger partial charge in [-0.3, -0.25) is 10.1 Å². The third-order valence-electron chi connectivity index (χ3n) is 5.63. The van der Waals surface area contributed by atoms with Crippen LogP contribution >= 0.6 is 0 Å². The molecule has 6 N–H and O–H groups in total. The maximum Gasteiger partial charge on any atom is 0.253 e. The molecule has 4 aromatic rings. The summed E-state index contributed by atoms with van der Waals surface area (Å²) in [5.74, 6) is 0. The van der Waals surface area contributed by atoms with Crippen molar-refractivity contribution in [2.75, 3.05) is 35.2 Å². The van der Waals surface area contributed by atoms with Crippen molar-refractivity contribution >= 4 is 44.3 Å². The first-order valence-electron chi connectivity index (χ1n) is 10.1. The van der Waals surface area contributed by atoms with Gasteiger partial charge in [-0.15, -0.1) is 0 Å². The average Bonchev–Trinajstić information content (AvgIpc) is 2.76. The van der Waals surface area contributed by atoms with E-state index in [4.69, 9.17) is 11.5 Å². The van der Waals surface area contributed by atoms with E-state index in [2.05, 4.69) is 10.6 Å². The Bertz CT molecular complexity index is 1170. The van der Waals surface area contributed by atoms with Gasteiger partial charge in [0, 0.05) is 45.4 Å². The third kappa shape index (κ3) is 3.90. The molecule has 158 valence electrons. The molecule has 0 atom stereocenters. The Hall–Kier alpha value is -4.00. The molecule has 7 heteroatoms. The van der Waals surface area contributed by atoms with Gasteiger partial charge in [-0.25, -0.2) is 0 Å². The fourth-order valence-electron chi connectivity index (χ4n) is 3.80. The predicted molar refractivity (Wildman–Crippen MR) is 129 cm³/mol. The van der Waals surface area contributed by atoms with Gasteiger partial charge in [0.05, 0.1) is 13.1 Å². The molecule has 0 aliphatic rings. The van der Waals surface area contributed by atoms with E-state index in [-0.39, 0.29) is 18.0 Å². The minimum absolute atomic E-state index is 0.126. The number of nitrogens with one attached hydrogen (secondary N) is 2. The van der Waals surface area contributed by atoms with Gasteiger partial charge < -0.3 is 22.1 Å². The smallest absolute Gasteiger partial charge is 0.253 e. The number of nitrogen functional groups attached to an aromatic ring is 2. The van der Waals surface area contributed by atoms with E-state index in [1.807, 2.05) is 72.8 Å². The summed E-state index contributed by atoms with van der Waals surface area (Å²) in [6, 6.07) is 22.9. The van der Waals surface area contributed by atoms with E-state index in [0.717, 1.165) is 32.9 Å². The molecule has 31 heavy (non-hydrogen) atoms. The number of nitro groups is 1. The molecule has 7 nitrogen and oxygen atoms in total. The van der Waals surface area contributed by atoms with Crippen molar-refractivity contribution in [2.45, 2.75) is 12.5 Å². The molecule has 0 heterocycles. The van der Waals surface area contributed by atoms with Gasteiger partial charge in [-0.2, -0.15) is 0 Å². The Morgan fingerprint density at radius 3 is 1.55 bits per heavy atom. The van der Waals surface area contributed by atoms with Gasteiger partial charge in [-0.05, 0) is 35.0 Å². The van der Waals surface area contributed by atoms with Gasteiger partial charge in [0.2, 0.25) is 0 Å². The summed E-state index contributed by atoms with van der Waals surface area (Å²) in [5.41, 5.74) is 13.9. The fraction of sp³-hybridized carbons (Fsp3) is 0.167. The molecule has 0 bridgehead atoms. The van der Waals surface area contributed by atoms with Crippen molar-refractivity contribution in [3.8, 4) is 0 Å². The van der Waals surface area contributed by atoms with Crippen LogP contribution in [0.3, 0.4) is 0 Å². The van der Waals surface area contributed by atoms with Gasteiger partial charge in [-0.1, -0.05) is 48.5 Å². The zero-order valence-corrected chi connectivity index (χ0v) is 17.3. The molecular weight excluding hydrogens is 390 g/mol. The van der Waals surface area contributed by atoms with Gasteiger partial charge in [0.15, 0.2) is 0 Å². The number of fused-ring (bicyclic) bond motifs is 2. The molecule has 4 aromatic carbocycles. The van der Waals surface area contributed by atoms with Crippen LogP contribution < -0.4 is 22.1 Å². The molecule has 0 fully saturated rings. The monoisotopic (exact) mass is 415 g/mol. The maximum absolute atomic E-state index is 12.0. The highest BCUT2D eigenvalue weighted by molar-refractivity contribution is 6.03. The summed E-state index contributed by atoms with van der Waals surface area (Å²) in [6.07, 6.45) is 0. The molecule has 0 aliphatic carbocycles. The van der Waals surface area contributed by atoms with Gasteiger partial charge in [0.25, 0.3) is 5.54 Å². The third-order valence-corrected chi connectivity index (χ3v) is 5.63. The molecule has 0 amide bonds. The second kappa shape index (κ2) is 8.02. The number of rotatable bonds is 7. The van der Waals surface area contributed by atoms with E-state index >= 15 is 0 Å². The van der Waals surface area contributed by atoms with E-state index in [1.165, 1.54) is 0 Å². The zero-order valence-electron chi connectivity index (χ0n) is 17.3. The van der Waals surface area contributed by atoms with Crippen molar-refractivity contribution < 1.29 is 4.92 Å². The van der Waals surface area contributed by atoms with Crippen LogP contribution in [0.2, 0.25) is 0 Å². The van der Waals surface area contributed by atoms with E-state index in [9.17, 15) is 10.1 Å². The fourth-order valence-corrected chi connectivity index (χ4v) is 3.80. The van der Waals surface area contributed by atoms with E-state index < -0.39 is 5.54 Å². The second-order valence-electron chi connectivity index (χ2n) is 7.96. The molecule has 0 aliphatic heterocycles. The lowest BCUT2D eigenvalue weighted by atomic mass is 10.0. The summed E-state index contributed by atoms with van der Waals surface area (Å²) < 4.78 is 0. The Morgan fingerprint density at radius 1 is 0.774 bits per heavy atom. The number of nitrogens with two attached hydrogens (primary N) is 2. The van der Waals surface area contributed by atoms with Crippen LogP contribution in [0.5, 0.6) is 0 Å². The highest BCUT2D eigenvalue weighted by Crippen LogP contribution is 2.31. The maximum atomic E-state index is 12.0. The molecule has 0 saturated heterocycles. The predicted octanol–water partition coefficient (Wildman–Crippen LogP) is 4.72. The second-order valence-corrected chi connectivity index (χ2v) is 7.96. The Morgan fingerprint density at radius 2 is 1.16 bits per heavy atom. The summed E-state index contributed by atoms with van der Waals surface area (Å²) in [6.45, 7) is 1.87. The van der Waals surface area contributed by atoms with Crippen LogP contribution in [0.4, 0.5) is 22.7 Å². The number of hydrogen-bond donors (Lipinski definition) is 4. The molecule has 0 spiro atoms. The number of benzene rings is 4. The number of nitrogens with zero attached hydrogens (tertiary/aromatic N) is 1. The summed E-state index contributed by atoms with van der Waals surface area (Å²) in [5, 5.41) is 22.2. The van der Waals surface area contributed by atoms with Crippen LogP contribution in [0.1, 0.15) is 6.92 Å². The Balaban J connectivity index is 1.58.